The quantitative estimate of drug-likeness (QED) is 0.756. The molecule has 1 saturated carbocycles. The van der Waals surface area contributed by atoms with E-state index in [1.54, 1.807) is 6.92 Å². The molecule has 1 aliphatic carbocycles. The summed E-state index contributed by atoms with van der Waals surface area (Å²) < 4.78 is 4.82. The zero-order chi connectivity index (χ0) is 12.3. The third kappa shape index (κ3) is 2.82. The largest absolute Gasteiger partial charge is 0.460 e. The minimum Gasteiger partial charge on any atom is -0.460 e. The van der Waals surface area contributed by atoms with Crippen molar-refractivity contribution >= 4 is 5.97 Å². The van der Waals surface area contributed by atoms with E-state index in [1.807, 2.05) is 0 Å². The molecule has 17 heavy (non-hydrogen) atoms. The lowest BCUT2D eigenvalue weighted by Crippen LogP contribution is -2.39. The molecule has 6 heteroatoms. The molecule has 1 aromatic heterocycles. The average molecular weight is 238 g/mol. The van der Waals surface area contributed by atoms with Crippen LogP contribution in [0.5, 0.6) is 0 Å². The van der Waals surface area contributed by atoms with Gasteiger partial charge in [0.25, 0.3) is 5.82 Å². The van der Waals surface area contributed by atoms with Gasteiger partial charge >= 0.3 is 5.97 Å². The number of aromatic nitrogens is 3. The molecule has 1 fully saturated rings. The Morgan fingerprint density at radius 3 is 2.88 bits per heavy atom. The SMILES string of the molecule is CCOC(=O)c1n[nH]c(CC2(N)CCCC2)n1. The zero-order valence-electron chi connectivity index (χ0n) is 10.0. The van der Waals surface area contributed by atoms with Gasteiger partial charge in [-0.2, -0.15) is 0 Å². The van der Waals surface area contributed by atoms with Crippen LogP contribution in [0.15, 0.2) is 0 Å². The van der Waals surface area contributed by atoms with Gasteiger partial charge in [0.1, 0.15) is 5.82 Å². The number of hydrogen-bond donors (Lipinski definition) is 2. The Hall–Kier alpha value is -1.43. The van der Waals surface area contributed by atoms with Crippen LogP contribution in [-0.4, -0.2) is 33.3 Å². The summed E-state index contributed by atoms with van der Waals surface area (Å²) >= 11 is 0. The van der Waals surface area contributed by atoms with Crippen LogP contribution in [0, 0.1) is 0 Å². The summed E-state index contributed by atoms with van der Waals surface area (Å²) in [6.07, 6.45) is 4.97. The molecule has 0 radical (unpaired) electrons. The molecule has 0 aliphatic heterocycles. The van der Waals surface area contributed by atoms with Crippen molar-refractivity contribution in [2.24, 2.45) is 5.73 Å². The third-order valence-electron chi connectivity index (χ3n) is 3.11. The number of hydrogen-bond acceptors (Lipinski definition) is 5. The van der Waals surface area contributed by atoms with Crippen LogP contribution in [-0.2, 0) is 11.2 Å². The molecule has 6 nitrogen and oxygen atoms in total. The molecule has 0 saturated heterocycles. The molecule has 0 atom stereocenters. The van der Waals surface area contributed by atoms with Crippen molar-refractivity contribution in [3.05, 3.63) is 11.6 Å². The summed E-state index contributed by atoms with van der Waals surface area (Å²) in [4.78, 5) is 15.5. The van der Waals surface area contributed by atoms with E-state index >= 15 is 0 Å². The van der Waals surface area contributed by atoms with Crippen LogP contribution in [0.1, 0.15) is 49.1 Å². The third-order valence-corrected chi connectivity index (χ3v) is 3.11. The number of aromatic amines is 1. The summed E-state index contributed by atoms with van der Waals surface area (Å²) in [7, 11) is 0. The molecular weight excluding hydrogens is 220 g/mol. The molecule has 94 valence electrons. The highest BCUT2D eigenvalue weighted by atomic mass is 16.5. The van der Waals surface area contributed by atoms with Crippen molar-refractivity contribution in [3.8, 4) is 0 Å². The lowest BCUT2D eigenvalue weighted by Gasteiger charge is -2.21. The second-order valence-electron chi connectivity index (χ2n) is 4.57. The standard InChI is InChI=1S/C11H18N4O2/c1-2-17-10(16)9-13-8(14-15-9)7-11(12)5-3-4-6-11/h2-7,12H2,1H3,(H,13,14,15). The van der Waals surface area contributed by atoms with Crippen LogP contribution >= 0.6 is 0 Å². The number of carbonyl (C=O) groups excluding carboxylic acids is 1. The Labute approximate surface area is 99.9 Å². The van der Waals surface area contributed by atoms with Crippen LogP contribution in [0.3, 0.4) is 0 Å². The van der Waals surface area contributed by atoms with Gasteiger partial charge in [0.2, 0.25) is 0 Å². The van der Waals surface area contributed by atoms with E-state index in [9.17, 15) is 4.79 Å². The Morgan fingerprint density at radius 2 is 2.24 bits per heavy atom. The maximum atomic E-state index is 11.4. The Kier molecular flexibility index (Phi) is 3.42. The maximum Gasteiger partial charge on any atom is 0.378 e. The predicted octanol–water partition coefficient (Wildman–Crippen LogP) is 0.795. The van der Waals surface area contributed by atoms with Crippen molar-refractivity contribution in [3.63, 3.8) is 0 Å². The molecule has 0 amide bonds. The molecule has 0 bridgehead atoms. The second kappa shape index (κ2) is 4.83. The van der Waals surface area contributed by atoms with Crippen molar-refractivity contribution in [1.82, 2.24) is 15.2 Å². The molecule has 3 N–H and O–H groups in total. The number of carbonyl (C=O) groups is 1. The zero-order valence-corrected chi connectivity index (χ0v) is 10.0. The fraction of sp³-hybridized carbons (Fsp3) is 0.727. The summed E-state index contributed by atoms with van der Waals surface area (Å²) in [5.41, 5.74) is 6.04. The highest BCUT2D eigenvalue weighted by Gasteiger charge is 2.31. The highest BCUT2D eigenvalue weighted by molar-refractivity contribution is 5.84. The van der Waals surface area contributed by atoms with Gasteiger partial charge in [-0.15, -0.1) is 5.10 Å². The Balaban J connectivity index is 2.00. The highest BCUT2D eigenvalue weighted by Crippen LogP contribution is 2.29. The number of nitrogens with one attached hydrogen (secondary N) is 1. The lowest BCUT2D eigenvalue weighted by molar-refractivity contribution is 0.0512. The van der Waals surface area contributed by atoms with E-state index in [-0.39, 0.29) is 11.4 Å². The van der Waals surface area contributed by atoms with Crippen molar-refractivity contribution in [2.75, 3.05) is 6.61 Å². The molecule has 1 aromatic rings. The van der Waals surface area contributed by atoms with Crippen molar-refractivity contribution in [2.45, 2.75) is 44.6 Å². The van der Waals surface area contributed by atoms with Crippen LogP contribution in [0.25, 0.3) is 0 Å². The number of ether oxygens (including phenoxy) is 1. The van der Waals surface area contributed by atoms with Gasteiger partial charge in [-0.25, -0.2) is 9.78 Å². The molecule has 0 spiro atoms. The minimum atomic E-state index is -0.493. The van der Waals surface area contributed by atoms with Gasteiger partial charge in [0.05, 0.1) is 6.61 Å². The summed E-state index contributed by atoms with van der Waals surface area (Å²) in [5.74, 6) is 0.258. The van der Waals surface area contributed by atoms with Gasteiger partial charge in [-0.05, 0) is 19.8 Å². The molecule has 1 aliphatic rings. The lowest BCUT2D eigenvalue weighted by atomic mass is 9.94. The smallest absolute Gasteiger partial charge is 0.378 e. The molecule has 0 aromatic carbocycles. The topological polar surface area (TPSA) is 93.9 Å². The number of rotatable bonds is 4. The van der Waals surface area contributed by atoms with Crippen molar-refractivity contribution in [1.29, 1.82) is 0 Å². The van der Waals surface area contributed by atoms with Crippen LogP contribution in [0.2, 0.25) is 0 Å². The molecular formula is C11H18N4O2. The Morgan fingerprint density at radius 1 is 1.53 bits per heavy atom. The van der Waals surface area contributed by atoms with E-state index in [4.69, 9.17) is 10.5 Å². The number of H-pyrrole nitrogens is 1. The number of nitrogens with two attached hydrogens (primary N) is 1. The summed E-state index contributed by atoms with van der Waals surface area (Å²) in [6, 6.07) is 0. The first-order valence-corrected chi connectivity index (χ1v) is 6.00. The van der Waals surface area contributed by atoms with Crippen LogP contribution < -0.4 is 5.73 Å². The average Bonchev–Trinajstić information content (AvgIpc) is 2.89. The van der Waals surface area contributed by atoms with Crippen molar-refractivity contribution < 1.29 is 9.53 Å². The molecule has 0 unspecified atom stereocenters. The number of esters is 1. The first-order chi connectivity index (χ1) is 8.13. The molecule has 2 rings (SSSR count). The first-order valence-electron chi connectivity index (χ1n) is 6.00. The van der Waals surface area contributed by atoms with Crippen LogP contribution in [0.4, 0.5) is 0 Å². The fourth-order valence-corrected chi connectivity index (χ4v) is 2.25. The van der Waals surface area contributed by atoms with E-state index in [2.05, 4.69) is 15.2 Å². The van der Waals surface area contributed by atoms with Gasteiger partial charge in [0, 0.05) is 12.0 Å². The Bertz CT molecular complexity index is 396. The maximum absolute atomic E-state index is 11.4. The molecule has 1 heterocycles. The summed E-state index contributed by atoms with van der Waals surface area (Å²) in [5, 5.41) is 6.60. The van der Waals surface area contributed by atoms with Gasteiger partial charge in [-0.1, -0.05) is 12.8 Å². The second-order valence-corrected chi connectivity index (χ2v) is 4.57. The van der Waals surface area contributed by atoms with Gasteiger partial charge in [-0.3, -0.25) is 5.10 Å². The van der Waals surface area contributed by atoms with E-state index in [0.29, 0.717) is 18.9 Å². The normalized spacial score (nSPS) is 18.2. The van der Waals surface area contributed by atoms with Gasteiger partial charge < -0.3 is 10.5 Å². The minimum absolute atomic E-state index is 0.0865. The number of nitrogens with zero attached hydrogens (tertiary/aromatic N) is 2. The monoisotopic (exact) mass is 238 g/mol. The van der Waals surface area contributed by atoms with E-state index < -0.39 is 5.97 Å². The van der Waals surface area contributed by atoms with E-state index in [0.717, 1.165) is 25.7 Å². The summed E-state index contributed by atoms with van der Waals surface area (Å²) in [6.45, 7) is 2.07. The first kappa shape index (κ1) is 12.0. The predicted molar refractivity (Wildman–Crippen MR) is 61.4 cm³/mol. The van der Waals surface area contributed by atoms with Gasteiger partial charge in [0.15, 0.2) is 0 Å². The fourth-order valence-electron chi connectivity index (χ4n) is 2.25. The van der Waals surface area contributed by atoms with E-state index in [1.165, 1.54) is 0 Å².